The van der Waals surface area contributed by atoms with E-state index in [1.54, 1.807) is 0 Å². The van der Waals surface area contributed by atoms with Crippen LogP contribution in [-0.4, -0.2) is 46.2 Å². The van der Waals surface area contributed by atoms with E-state index in [2.05, 4.69) is 15.2 Å². The maximum Gasteiger partial charge on any atom is 0.303 e. The van der Waals surface area contributed by atoms with Gasteiger partial charge < -0.3 is 5.32 Å². The summed E-state index contributed by atoms with van der Waals surface area (Å²) in [7, 11) is 0. The van der Waals surface area contributed by atoms with Crippen molar-refractivity contribution in [3.8, 4) is 0 Å². The van der Waals surface area contributed by atoms with Crippen molar-refractivity contribution in [1.29, 1.82) is 0 Å². The lowest BCUT2D eigenvalue weighted by atomic mass is 9.94. The Morgan fingerprint density at radius 3 is 2.64 bits per heavy atom. The molecule has 1 aromatic heterocycles. The molecule has 6 nitrogen and oxygen atoms in total. The van der Waals surface area contributed by atoms with Gasteiger partial charge in [-0.2, -0.15) is 0 Å². The number of hydrogen-bond donors (Lipinski definition) is 3. The van der Waals surface area contributed by atoms with Crippen LogP contribution >= 0.6 is 36.4 Å². The second-order valence-corrected chi connectivity index (χ2v) is 7.36. The van der Waals surface area contributed by atoms with Gasteiger partial charge in [0.2, 0.25) is 0 Å². The van der Waals surface area contributed by atoms with Crippen molar-refractivity contribution in [2.75, 3.05) is 18.4 Å². The smallest absolute Gasteiger partial charge is 0.303 e. The Labute approximate surface area is 181 Å². The fourth-order valence-corrected chi connectivity index (χ4v) is 4.01. The number of pyridine rings is 1. The number of carbonyl (C=O) groups excluding carboxylic acids is 1. The summed E-state index contributed by atoms with van der Waals surface area (Å²) in [6.07, 6.45) is 10.0. The number of anilines is 1. The summed E-state index contributed by atoms with van der Waals surface area (Å²) in [5, 5.41) is 12.2. The average molecular weight is 456 g/mol. The van der Waals surface area contributed by atoms with E-state index in [1.165, 1.54) is 49.8 Å². The molecule has 3 rings (SSSR count). The van der Waals surface area contributed by atoms with Crippen molar-refractivity contribution < 1.29 is 14.4 Å². The van der Waals surface area contributed by atoms with Crippen LogP contribution in [0.25, 0.3) is 6.08 Å². The Balaban J connectivity index is 0.00000196. The lowest BCUT2D eigenvalue weighted by Gasteiger charge is -2.31. The van der Waals surface area contributed by atoms with Crippen LogP contribution in [0.2, 0.25) is 5.02 Å². The van der Waals surface area contributed by atoms with Crippen molar-refractivity contribution in [3.63, 3.8) is 0 Å². The molecule has 2 aliphatic rings. The Morgan fingerprint density at radius 1 is 1.29 bits per heavy atom. The predicted octanol–water partition coefficient (Wildman–Crippen LogP) is 4.21. The van der Waals surface area contributed by atoms with Crippen molar-refractivity contribution in [1.82, 2.24) is 15.4 Å². The van der Waals surface area contributed by atoms with Crippen LogP contribution in [0.5, 0.6) is 0 Å². The Kier molecular flexibility index (Phi) is 10.5. The van der Waals surface area contributed by atoms with Crippen LogP contribution in [0.1, 0.15) is 44.1 Å². The Morgan fingerprint density at radius 2 is 2.00 bits per heavy atom. The largest absolute Gasteiger partial charge is 0.365 e. The third-order valence-corrected chi connectivity index (χ3v) is 5.41. The van der Waals surface area contributed by atoms with Gasteiger partial charge in [-0.15, -0.1) is 24.8 Å². The number of rotatable bonds is 5. The van der Waals surface area contributed by atoms with E-state index in [-0.39, 0.29) is 24.8 Å². The molecule has 10 heteroatoms. The molecule has 2 heterocycles. The average Bonchev–Trinajstić information content (AvgIpc) is 3.12. The summed E-state index contributed by atoms with van der Waals surface area (Å²) < 4.78 is 13.5. The highest BCUT2D eigenvalue weighted by molar-refractivity contribution is 6.33. The number of nitrogens with zero attached hydrogens (tertiary/aromatic N) is 2. The van der Waals surface area contributed by atoms with Crippen LogP contribution in [0.4, 0.5) is 10.2 Å². The molecule has 1 saturated heterocycles. The van der Waals surface area contributed by atoms with Crippen LogP contribution < -0.4 is 10.8 Å². The van der Waals surface area contributed by atoms with Crippen molar-refractivity contribution >= 4 is 54.2 Å². The molecule has 28 heavy (non-hydrogen) atoms. The van der Waals surface area contributed by atoms with E-state index in [0.29, 0.717) is 28.5 Å². The lowest BCUT2D eigenvalue weighted by molar-refractivity contribution is -0.126. The van der Waals surface area contributed by atoms with Crippen LogP contribution in [-0.2, 0) is 4.79 Å². The van der Waals surface area contributed by atoms with Gasteiger partial charge in [-0.1, -0.05) is 30.9 Å². The predicted molar refractivity (Wildman–Crippen MR) is 113 cm³/mol. The van der Waals surface area contributed by atoms with Crippen molar-refractivity contribution in [2.45, 2.75) is 50.6 Å². The van der Waals surface area contributed by atoms with E-state index in [0.717, 1.165) is 25.6 Å². The van der Waals surface area contributed by atoms with Gasteiger partial charge in [0.05, 0.1) is 5.02 Å². The molecular weight excluding hydrogens is 430 g/mol. The number of nitrogens with one attached hydrogen (secondary N) is 2. The number of carbonyl (C=O) groups is 1. The minimum absolute atomic E-state index is 0. The number of hydrogen-bond acceptors (Lipinski definition) is 5. The summed E-state index contributed by atoms with van der Waals surface area (Å²) in [5.41, 5.74) is 1.58. The topological polar surface area (TPSA) is 77.5 Å². The van der Waals surface area contributed by atoms with E-state index in [4.69, 9.17) is 16.8 Å². The minimum atomic E-state index is -1.21. The number of halogens is 4. The Hall–Kier alpha value is -1.12. The molecule has 0 bridgehead atoms. The molecular formula is C18H26Cl3FN4O2. The van der Waals surface area contributed by atoms with Gasteiger partial charge in [-0.05, 0) is 37.0 Å². The first-order valence-corrected chi connectivity index (χ1v) is 9.42. The highest BCUT2D eigenvalue weighted by Crippen LogP contribution is 2.28. The SMILES string of the molecule is Cl.Cl.O=C(NO)C(F)=Cc1cnc(N[C@@H]2CCN(C3CCCCC3)C2)c(Cl)c1. The molecule has 1 saturated carbocycles. The number of aromatic nitrogens is 1. The summed E-state index contributed by atoms with van der Waals surface area (Å²) in [6.45, 7) is 2.07. The van der Waals surface area contributed by atoms with Gasteiger partial charge in [0.1, 0.15) is 5.82 Å². The highest BCUT2D eigenvalue weighted by atomic mass is 35.5. The number of hydroxylamine groups is 1. The zero-order valence-electron chi connectivity index (χ0n) is 15.4. The molecule has 0 aromatic carbocycles. The van der Waals surface area contributed by atoms with Gasteiger partial charge in [0.15, 0.2) is 5.83 Å². The number of likely N-dealkylation sites (tertiary alicyclic amines) is 1. The quantitative estimate of drug-likeness (QED) is 0.352. The molecule has 0 unspecified atom stereocenters. The Bertz CT molecular complexity index is 687. The summed E-state index contributed by atoms with van der Waals surface area (Å²) in [5.74, 6) is -1.77. The zero-order valence-corrected chi connectivity index (χ0v) is 17.8. The van der Waals surface area contributed by atoms with Gasteiger partial charge in [-0.3, -0.25) is 14.9 Å². The standard InChI is InChI=1S/C18H24ClFN4O2.2ClH/c19-15-8-12(9-16(20)18(25)23-26)10-21-17(15)22-13-6-7-24(11-13)14-4-2-1-3-5-14;;/h8-10,13-14,26H,1-7,11H2,(H,21,22)(H,23,25);2*1H/t13-;;/m1../s1. The first-order chi connectivity index (χ1) is 12.6. The molecule has 1 amide bonds. The maximum absolute atomic E-state index is 13.5. The second kappa shape index (κ2) is 11.8. The summed E-state index contributed by atoms with van der Waals surface area (Å²) in [4.78, 5) is 17.8. The fourth-order valence-electron chi connectivity index (χ4n) is 3.78. The van der Waals surface area contributed by atoms with Crippen molar-refractivity contribution in [3.05, 3.63) is 28.7 Å². The normalized spacial score (nSPS) is 20.8. The third-order valence-electron chi connectivity index (χ3n) is 5.13. The van der Waals surface area contributed by atoms with Crippen LogP contribution in [0.3, 0.4) is 0 Å². The van der Waals surface area contributed by atoms with Crippen LogP contribution in [0, 0.1) is 0 Å². The van der Waals surface area contributed by atoms with E-state index in [9.17, 15) is 9.18 Å². The van der Waals surface area contributed by atoms with Gasteiger partial charge in [0.25, 0.3) is 0 Å². The molecule has 1 aliphatic heterocycles. The zero-order chi connectivity index (χ0) is 18.5. The maximum atomic E-state index is 13.5. The molecule has 0 radical (unpaired) electrons. The molecule has 1 atom stereocenters. The van der Waals surface area contributed by atoms with Crippen LogP contribution in [0.15, 0.2) is 18.1 Å². The van der Waals surface area contributed by atoms with E-state index in [1.807, 2.05) is 0 Å². The molecule has 1 aromatic rings. The van der Waals surface area contributed by atoms with Crippen molar-refractivity contribution in [2.24, 2.45) is 0 Å². The molecule has 1 aliphatic carbocycles. The van der Waals surface area contributed by atoms with E-state index >= 15 is 0 Å². The summed E-state index contributed by atoms with van der Waals surface area (Å²) in [6, 6.07) is 2.53. The minimum Gasteiger partial charge on any atom is -0.365 e. The molecule has 3 N–H and O–H groups in total. The molecule has 2 fully saturated rings. The number of amides is 1. The first kappa shape index (κ1) is 24.9. The highest BCUT2D eigenvalue weighted by Gasteiger charge is 2.29. The van der Waals surface area contributed by atoms with Gasteiger partial charge >= 0.3 is 5.91 Å². The fraction of sp³-hybridized carbons (Fsp3) is 0.556. The van der Waals surface area contributed by atoms with E-state index < -0.39 is 11.7 Å². The molecule has 0 spiro atoms. The second-order valence-electron chi connectivity index (χ2n) is 6.95. The van der Waals surface area contributed by atoms with Gasteiger partial charge in [-0.25, -0.2) is 14.9 Å². The monoisotopic (exact) mass is 454 g/mol. The van der Waals surface area contributed by atoms with Gasteiger partial charge in [0, 0.05) is 31.4 Å². The first-order valence-electron chi connectivity index (χ1n) is 9.04. The third kappa shape index (κ3) is 6.46. The lowest BCUT2D eigenvalue weighted by Crippen LogP contribution is -2.36. The summed E-state index contributed by atoms with van der Waals surface area (Å²) >= 11 is 6.25. The molecule has 158 valence electrons.